The number of anilines is 1. The van der Waals surface area contributed by atoms with Crippen LogP contribution < -0.4 is 14.8 Å². The van der Waals surface area contributed by atoms with Crippen molar-refractivity contribution in [3.63, 3.8) is 0 Å². The second-order valence-corrected chi connectivity index (χ2v) is 9.64. The normalized spacial score (nSPS) is 17.2. The summed E-state index contributed by atoms with van der Waals surface area (Å²) in [4.78, 5) is 16.7. The molecule has 184 valence electrons. The van der Waals surface area contributed by atoms with Gasteiger partial charge < -0.3 is 24.3 Å². The van der Waals surface area contributed by atoms with Crippen molar-refractivity contribution in [3.8, 4) is 11.5 Å². The fourth-order valence-electron chi connectivity index (χ4n) is 3.93. The number of nitrogens with zero attached hydrogens (tertiary/aromatic N) is 1. The van der Waals surface area contributed by atoms with E-state index in [0.29, 0.717) is 34.4 Å². The Morgan fingerprint density at radius 1 is 1.20 bits per heavy atom. The highest BCUT2D eigenvalue weighted by atomic mass is 35.5. The number of thiocarbonyl (C=S) groups is 1. The number of aryl methyl sites for hydroxylation is 1. The van der Waals surface area contributed by atoms with E-state index in [0.717, 1.165) is 27.5 Å². The van der Waals surface area contributed by atoms with Crippen LogP contribution >= 0.6 is 35.2 Å². The first-order chi connectivity index (χ1) is 16.9. The van der Waals surface area contributed by atoms with Crippen molar-refractivity contribution in [2.45, 2.75) is 31.5 Å². The largest absolute Gasteiger partial charge is 0.493 e. The molecule has 0 radical (unpaired) electrons. The van der Waals surface area contributed by atoms with Gasteiger partial charge in [-0.3, -0.25) is 4.79 Å². The van der Waals surface area contributed by atoms with E-state index in [1.165, 1.54) is 18.4 Å². The number of esters is 1. The molecular weight excluding hydrogens is 508 g/mol. The minimum Gasteiger partial charge on any atom is -0.493 e. The molecule has 10 heteroatoms. The molecule has 1 aromatic heterocycles. The van der Waals surface area contributed by atoms with Gasteiger partial charge in [0.15, 0.2) is 11.5 Å². The summed E-state index contributed by atoms with van der Waals surface area (Å²) in [7, 11) is 4.58. The number of aromatic nitrogens is 1. The van der Waals surface area contributed by atoms with E-state index in [9.17, 15) is 4.79 Å². The quantitative estimate of drug-likeness (QED) is 0.305. The second kappa shape index (κ2) is 11.3. The molecule has 0 spiro atoms. The number of hydrogen-bond donors (Lipinski definition) is 1. The van der Waals surface area contributed by atoms with Gasteiger partial charge in [-0.1, -0.05) is 36.0 Å². The van der Waals surface area contributed by atoms with Gasteiger partial charge in [-0.05, 0) is 24.3 Å². The highest BCUT2D eigenvalue weighted by Crippen LogP contribution is 2.44. The molecule has 0 aliphatic carbocycles. The number of benzene rings is 2. The molecule has 2 aromatic carbocycles. The van der Waals surface area contributed by atoms with Crippen LogP contribution in [0.4, 0.5) is 5.69 Å². The minimum atomic E-state index is -0.523. The van der Waals surface area contributed by atoms with Gasteiger partial charge >= 0.3 is 5.97 Å². The maximum absolute atomic E-state index is 11.5. The summed E-state index contributed by atoms with van der Waals surface area (Å²) in [5.41, 5.74) is 3.29. The number of thiazole rings is 1. The first kappa shape index (κ1) is 25.4. The smallest absolute Gasteiger partial charge is 0.305 e. The second-order valence-electron chi connectivity index (χ2n) is 7.82. The van der Waals surface area contributed by atoms with Crippen molar-refractivity contribution in [1.29, 1.82) is 0 Å². The first-order valence-electron chi connectivity index (χ1n) is 10.9. The van der Waals surface area contributed by atoms with Gasteiger partial charge in [0.25, 0.3) is 0 Å². The van der Waals surface area contributed by atoms with Crippen LogP contribution in [0.25, 0.3) is 0 Å². The van der Waals surface area contributed by atoms with Gasteiger partial charge in [-0.15, -0.1) is 11.3 Å². The topological polar surface area (TPSA) is 78.9 Å². The predicted octanol–water partition coefficient (Wildman–Crippen LogP) is 5.39. The molecule has 0 bridgehead atoms. The highest BCUT2D eigenvalue weighted by Gasteiger charge is 2.33. The molecule has 2 heterocycles. The van der Waals surface area contributed by atoms with Crippen molar-refractivity contribution in [1.82, 2.24) is 4.98 Å². The Labute approximate surface area is 218 Å². The van der Waals surface area contributed by atoms with Crippen LogP contribution in [-0.4, -0.2) is 43.4 Å². The summed E-state index contributed by atoms with van der Waals surface area (Å²) in [6.07, 6.45) is 0.291. The first-order valence-corrected chi connectivity index (χ1v) is 12.6. The van der Waals surface area contributed by atoms with Gasteiger partial charge in [0.1, 0.15) is 17.2 Å². The molecule has 0 unspecified atom stereocenters. The van der Waals surface area contributed by atoms with Gasteiger partial charge in [0.2, 0.25) is 0 Å². The number of hydrogen-bond acceptors (Lipinski definition) is 8. The van der Waals surface area contributed by atoms with Crippen molar-refractivity contribution >= 4 is 51.8 Å². The Bertz CT molecular complexity index is 1230. The monoisotopic (exact) mass is 532 g/mol. The number of carbonyl (C=O) groups is 1. The van der Waals surface area contributed by atoms with E-state index in [2.05, 4.69) is 10.3 Å². The van der Waals surface area contributed by atoms with Gasteiger partial charge in [0.05, 0.1) is 38.5 Å². The zero-order valence-electron chi connectivity index (χ0n) is 19.5. The molecule has 7 nitrogen and oxygen atoms in total. The number of nitrogens with one attached hydrogen (secondary N) is 1. The lowest BCUT2D eigenvalue weighted by Crippen LogP contribution is -2.30. The zero-order valence-corrected chi connectivity index (χ0v) is 21.9. The van der Waals surface area contributed by atoms with Crippen LogP contribution in [0, 0.1) is 0 Å². The number of carbonyl (C=O) groups excluding carboxylic acids is 1. The minimum absolute atomic E-state index is 0.261. The Morgan fingerprint density at radius 2 is 2.03 bits per heavy atom. The molecule has 2 atom stereocenters. The predicted molar refractivity (Wildman–Crippen MR) is 140 cm³/mol. The SMILES string of the molecule is COC(=O)CCc1csc(C[C@@H]2O[C@@H](c3cccc(OC)c3OC)c3cc(Cl)ccc3NC2=S)n1. The number of rotatable bonds is 8. The third-order valence-electron chi connectivity index (χ3n) is 5.63. The van der Waals surface area contributed by atoms with Crippen LogP contribution in [0.1, 0.15) is 34.4 Å². The fourth-order valence-corrected chi connectivity index (χ4v) is 5.21. The summed E-state index contributed by atoms with van der Waals surface area (Å²) in [5, 5.41) is 6.72. The molecule has 0 fully saturated rings. The molecule has 1 aliphatic heterocycles. The van der Waals surface area contributed by atoms with E-state index in [1.54, 1.807) is 14.2 Å². The Balaban J connectivity index is 1.67. The van der Waals surface area contributed by atoms with Crippen LogP contribution in [-0.2, 0) is 27.1 Å². The summed E-state index contributed by atoms with van der Waals surface area (Å²) < 4.78 is 22.6. The molecule has 1 aliphatic rings. The Kier molecular flexibility index (Phi) is 8.22. The molecule has 0 saturated carbocycles. The lowest BCUT2D eigenvalue weighted by atomic mass is 9.98. The van der Waals surface area contributed by atoms with Crippen molar-refractivity contribution in [2.75, 3.05) is 26.6 Å². The third kappa shape index (κ3) is 5.75. The Hall–Kier alpha value is -2.72. The molecular formula is C25H25ClN2O5S2. The zero-order chi connectivity index (χ0) is 24.9. The molecule has 35 heavy (non-hydrogen) atoms. The third-order valence-corrected chi connectivity index (χ3v) is 7.15. The average Bonchev–Trinajstić information content (AvgIpc) is 3.27. The van der Waals surface area contributed by atoms with Gasteiger partial charge in [-0.25, -0.2) is 4.98 Å². The fraction of sp³-hybridized carbons (Fsp3) is 0.320. The molecule has 1 N–H and O–H groups in total. The number of para-hydroxylation sites is 1. The molecule has 0 amide bonds. The summed E-state index contributed by atoms with van der Waals surface area (Å²) in [6.45, 7) is 0. The number of methoxy groups -OCH3 is 3. The molecule has 0 saturated heterocycles. The van der Waals surface area contributed by atoms with Crippen LogP contribution in [0.2, 0.25) is 5.02 Å². The number of fused-ring (bicyclic) bond motifs is 1. The standard InChI is InChI=1S/C25H25ClN2O5S2/c1-30-19-6-4-5-16(24(19)32-3)23-17-11-14(26)7-9-18(17)28-25(34)20(33-23)12-21-27-15(13-35-21)8-10-22(29)31-2/h4-7,9,11,13,20,23H,8,10,12H2,1-3H3,(H,28,34)/t20-,23-/m0/s1. The van der Waals surface area contributed by atoms with Crippen molar-refractivity contribution in [2.24, 2.45) is 0 Å². The molecule has 3 aromatic rings. The highest BCUT2D eigenvalue weighted by molar-refractivity contribution is 7.80. The number of halogens is 1. The number of ether oxygens (including phenoxy) is 4. The Morgan fingerprint density at radius 3 is 2.77 bits per heavy atom. The summed E-state index contributed by atoms with van der Waals surface area (Å²) in [5.74, 6) is 0.920. The van der Waals surface area contributed by atoms with Crippen LogP contribution in [0.15, 0.2) is 41.8 Å². The maximum atomic E-state index is 11.5. The average molecular weight is 533 g/mol. The van der Waals surface area contributed by atoms with Crippen molar-refractivity contribution in [3.05, 3.63) is 68.6 Å². The maximum Gasteiger partial charge on any atom is 0.305 e. The summed E-state index contributed by atoms with van der Waals surface area (Å²) in [6, 6.07) is 11.2. The lowest BCUT2D eigenvalue weighted by molar-refractivity contribution is -0.140. The van der Waals surface area contributed by atoms with Crippen molar-refractivity contribution < 1.29 is 23.7 Å². The van der Waals surface area contributed by atoms with Crippen LogP contribution in [0.3, 0.4) is 0 Å². The van der Waals surface area contributed by atoms with E-state index in [1.807, 2.05) is 41.8 Å². The lowest BCUT2D eigenvalue weighted by Gasteiger charge is -2.24. The van der Waals surface area contributed by atoms with E-state index in [4.69, 9.17) is 42.8 Å². The van der Waals surface area contributed by atoms with E-state index < -0.39 is 12.2 Å². The molecule has 4 rings (SSSR count). The summed E-state index contributed by atoms with van der Waals surface area (Å²) >= 11 is 13.6. The van der Waals surface area contributed by atoms with E-state index in [-0.39, 0.29) is 12.4 Å². The van der Waals surface area contributed by atoms with E-state index >= 15 is 0 Å². The van der Waals surface area contributed by atoms with Crippen LogP contribution in [0.5, 0.6) is 11.5 Å². The van der Waals surface area contributed by atoms with Gasteiger partial charge in [0, 0.05) is 40.1 Å². The van der Waals surface area contributed by atoms with Gasteiger partial charge in [-0.2, -0.15) is 0 Å².